The SMILES string of the molecule is O=S(=O)(Nc1ccc(OC(F)(F)F)cc1)c1ccc(NS(=O)(=O)c2cc(Cl)cc(Cl)c2)cc1. The number of hydrogen-bond donors (Lipinski definition) is 2. The molecule has 0 heterocycles. The van der Waals surface area contributed by atoms with E-state index in [2.05, 4.69) is 14.2 Å². The van der Waals surface area contributed by atoms with Crippen LogP contribution in [0.4, 0.5) is 24.5 Å². The average molecular weight is 541 g/mol. The van der Waals surface area contributed by atoms with Gasteiger partial charge in [0.2, 0.25) is 0 Å². The molecule has 0 unspecified atom stereocenters. The predicted octanol–water partition coefficient (Wildman–Crippen LogP) is 5.49. The van der Waals surface area contributed by atoms with E-state index < -0.39 is 32.2 Å². The van der Waals surface area contributed by atoms with E-state index in [0.717, 1.165) is 36.4 Å². The van der Waals surface area contributed by atoms with E-state index in [1.54, 1.807) is 0 Å². The van der Waals surface area contributed by atoms with E-state index >= 15 is 0 Å². The fraction of sp³-hybridized carbons (Fsp3) is 0.0526. The number of alkyl halides is 3. The monoisotopic (exact) mass is 540 g/mol. The zero-order valence-electron chi connectivity index (χ0n) is 16.1. The maximum Gasteiger partial charge on any atom is 0.573 e. The molecular formula is C19H13Cl2F3N2O5S2. The summed E-state index contributed by atoms with van der Waals surface area (Å²) in [6.07, 6.45) is -4.87. The van der Waals surface area contributed by atoms with Gasteiger partial charge in [-0.3, -0.25) is 9.44 Å². The first-order chi connectivity index (χ1) is 15.2. The van der Waals surface area contributed by atoms with Crippen LogP contribution in [0.15, 0.2) is 76.5 Å². The Bertz CT molecular complexity index is 1340. The van der Waals surface area contributed by atoms with E-state index in [-0.39, 0.29) is 31.2 Å². The highest BCUT2D eigenvalue weighted by atomic mass is 35.5. The van der Waals surface area contributed by atoms with Crippen molar-refractivity contribution in [2.24, 2.45) is 0 Å². The van der Waals surface area contributed by atoms with Crippen LogP contribution in [0.5, 0.6) is 5.75 Å². The number of benzene rings is 3. The molecule has 0 bridgehead atoms. The van der Waals surface area contributed by atoms with Gasteiger partial charge in [-0.25, -0.2) is 16.8 Å². The molecule has 0 radical (unpaired) electrons. The Hall–Kier alpha value is -2.67. The highest BCUT2D eigenvalue weighted by Gasteiger charge is 2.31. The molecule has 2 N–H and O–H groups in total. The average Bonchev–Trinajstić information content (AvgIpc) is 2.67. The zero-order valence-corrected chi connectivity index (χ0v) is 19.2. The summed E-state index contributed by atoms with van der Waals surface area (Å²) in [5.74, 6) is -0.511. The topological polar surface area (TPSA) is 102 Å². The first kappa shape index (κ1) is 25.0. The Morgan fingerprint density at radius 3 is 1.55 bits per heavy atom. The van der Waals surface area contributed by atoms with Gasteiger partial charge in [-0.15, -0.1) is 13.2 Å². The normalized spacial score (nSPS) is 12.3. The van der Waals surface area contributed by atoms with Crippen molar-refractivity contribution in [3.05, 3.63) is 76.8 Å². The van der Waals surface area contributed by atoms with Crippen molar-refractivity contribution in [3.8, 4) is 5.75 Å². The predicted molar refractivity (Wildman–Crippen MR) is 118 cm³/mol. The summed E-state index contributed by atoms with van der Waals surface area (Å²) in [7, 11) is -8.16. The number of ether oxygens (including phenoxy) is 1. The minimum absolute atomic E-state index is 0.00728. The second kappa shape index (κ2) is 9.29. The minimum Gasteiger partial charge on any atom is -0.406 e. The van der Waals surface area contributed by atoms with E-state index in [1.165, 1.54) is 30.3 Å². The molecule has 0 aromatic heterocycles. The number of anilines is 2. The quantitative estimate of drug-likeness (QED) is 0.412. The third-order valence-electron chi connectivity index (χ3n) is 3.90. The van der Waals surface area contributed by atoms with Gasteiger partial charge in [-0.05, 0) is 66.7 Å². The second-order valence-electron chi connectivity index (χ2n) is 6.41. The Kier molecular flexibility index (Phi) is 7.03. The van der Waals surface area contributed by atoms with E-state index in [9.17, 15) is 30.0 Å². The fourth-order valence-electron chi connectivity index (χ4n) is 2.54. The molecule has 0 amide bonds. The van der Waals surface area contributed by atoms with Crippen molar-refractivity contribution >= 4 is 54.6 Å². The van der Waals surface area contributed by atoms with Crippen LogP contribution < -0.4 is 14.2 Å². The van der Waals surface area contributed by atoms with Crippen molar-refractivity contribution in [1.82, 2.24) is 0 Å². The molecular weight excluding hydrogens is 528 g/mol. The highest BCUT2D eigenvalue weighted by Crippen LogP contribution is 2.27. The van der Waals surface area contributed by atoms with Crippen molar-refractivity contribution in [2.75, 3.05) is 9.44 Å². The van der Waals surface area contributed by atoms with Gasteiger partial charge >= 0.3 is 6.36 Å². The molecule has 0 atom stereocenters. The number of nitrogens with one attached hydrogen (secondary N) is 2. The lowest BCUT2D eigenvalue weighted by Gasteiger charge is -2.12. The number of hydrogen-bond acceptors (Lipinski definition) is 5. The lowest BCUT2D eigenvalue weighted by atomic mass is 10.3. The Morgan fingerprint density at radius 2 is 1.09 bits per heavy atom. The van der Waals surface area contributed by atoms with Gasteiger partial charge in [-0.1, -0.05) is 23.2 Å². The third kappa shape index (κ3) is 6.90. The van der Waals surface area contributed by atoms with Gasteiger partial charge in [0.1, 0.15) is 5.75 Å². The summed E-state index contributed by atoms with van der Waals surface area (Å²) >= 11 is 11.7. The molecule has 7 nitrogen and oxygen atoms in total. The molecule has 14 heteroatoms. The van der Waals surface area contributed by atoms with Gasteiger partial charge in [0.25, 0.3) is 20.0 Å². The number of sulfonamides is 2. The van der Waals surface area contributed by atoms with Gasteiger partial charge in [-0.2, -0.15) is 0 Å². The highest BCUT2D eigenvalue weighted by molar-refractivity contribution is 7.93. The molecule has 0 saturated carbocycles. The molecule has 0 aliphatic carbocycles. The largest absolute Gasteiger partial charge is 0.573 e. The summed E-state index contributed by atoms with van der Waals surface area (Å²) in [5.41, 5.74) is 0.0610. The van der Waals surface area contributed by atoms with Gasteiger partial charge in [0.15, 0.2) is 0 Å². The molecule has 0 aliphatic heterocycles. The van der Waals surface area contributed by atoms with Crippen LogP contribution in [0.3, 0.4) is 0 Å². The van der Waals surface area contributed by atoms with Crippen LogP contribution >= 0.6 is 23.2 Å². The number of halogens is 5. The summed E-state index contributed by atoms with van der Waals surface area (Å²) in [6.45, 7) is 0. The molecule has 0 spiro atoms. The molecule has 3 aromatic rings. The van der Waals surface area contributed by atoms with Crippen LogP contribution in [-0.4, -0.2) is 23.2 Å². The Morgan fingerprint density at radius 1 is 0.667 bits per heavy atom. The van der Waals surface area contributed by atoms with Crippen molar-refractivity contribution in [2.45, 2.75) is 16.2 Å². The van der Waals surface area contributed by atoms with Crippen LogP contribution in [0.2, 0.25) is 10.0 Å². The molecule has 176 valence electrons. The summed E-state index contributed by atoms with van der Waals surface area (Å²) in [5, 5.41) is 0.238. The summed E-state index contributed by atoms with van der Waals surface area (Å²) < 4.78 is 94.9. The van der Waals surface area contributed by atoms with Gasteiger partial charge < -0.3 is 4.74 Å². The fourth-order valence-corrected chi connectivity index (χ4v) is 5.38. The standard InChI is InChI=1S/C19H13Cl2F3N2O5S2/c20-12-9-13(21)11-18(10-12)33(29,30)26-15-3-7-17(8-4-15)32(27,28)25-14-1-5-16(6-2-14)31-19(22,23)24/h1-11,25-26H. The zero-order chi connectivity index (χ0) is 24.4. The molecule has 0 saturated heterocycles. The lowest BCUT2D eigenvalue weighted by Crippen LogP contribution is -2.17. The maximum atomic E-state index is 12.5. The molecule has 3 aromatic carbocycles. The smallest absolute Gasteiger partial charge is 0.406 e. The Balaban J connectivity index is 1.73. The van der Waals surface area contributed by atoms with Crippen molar-refractivity contribution in [3.63, 3.8) is 0 Å². The van der Waals surface area contributed by atoms with Crippen LogP contribution in [0.25, 0.3) is 0 Å². The van der Waals surface area contributed by atoms with E-state index in [1.807, 2.05) is 0 Å². The third-order valence-corrected chi connectivity index (χ3v) is 7.10. The number of rotatable bonds is 7. The second-order valence-corrected chi connectivity index (χ2v) is 10.7. The summed E-state index contributed by atoms with van der Waals surface area (Å²) in [6, 6.07) is 12.6. The minimum atomic E-state index is -4.87. The summed E-state index contributed by atoms with van der Waals surface area (Å²) in [4.78, 5) is -0.400. The first-order valence-corrected chi connectivity index (χ1v) is 12.4. The van der Waals surface area contributed by atoms with Crippen LogP contribution in [0, 0.1) is 0 Å². The van der Waals surface area contributed by atoms with Gasteiger partial charge in [0.05, 0.1) is 9.79 Å². The van der Waals surface area contributed by atoms with E-state index in [4.69, 9.17) is 23.2 Å². The molecule has 0 fully saturated rings. The van der Waals surface area contributed by atoms with Crippen molar-refractivity contribution in [1.29, 1.82) is 0 Å². The van der Waals surface area contributed by atoms with Crippen molar-refractivity contribution < 1.29 is 34.7 Å². The molecule has 33 heavy (non-hydrogen) atoms. The van der Waals surface area contributed by atoms with Gasteiger partial charge in [0, 0.05) is 21.4 Å². The maximum absolute atomic E-state index is 12.5. The Labute approximate surface area is 197 Å². The molecule has 3 rings (SSSR count). The van der Waals surface area contributed by atoms with Crippen LogP contribution in [0.1, 0.15) is 0 Å². The molecule has 0 aliphatic rings. The van der Waals surface area contributed by atoms with E-state index in [0.29, 0.717) is 0 Å². The lowest BCUT2D eigenvalue weighted by molar-refractivity contribution is -0.274. The first-order valence-electron chi connectivity index (χ1n) is 8.71. The van der Waals surface area contributed by atoms with Crippen LogP contribution in [-0.2, 0) is 20.0 Å².